The second-order valence-electron chi connectivity index (χ2n) is 8.97. The van der Waals surface area contributed by atoms with Crippen LogP contribution in [0.25, 0.3) is 0 Å². The van der Waals surface area contributed by atoms with Crippen LogP contribution in [-0.4, -0.2) is 64.7 Å². The standard InChI is InChI=1S/C22H32FN3O2/c1-14(27)21(24)22(28)25-12-16-11-17(13-25)20(26-8-3-2-7-19(16)26)10-15-5-4-6-18(23)9-15/h4-6,9,14,16-17,19-21,27H,2-3,7-8,10-13,24H2,1H3/t14-,16-,17+,19+,20+,21+/m1/s1. The van der Waals surface area contributed by atoms with Crippen molar-refractivity contribution in [2.24, 2.45) is 17.6 Å². The Bertz CT molecular complexity index is 713. The number of nitrogens with zero attached hydrogens (tertiary/aromatic N) is 2. The van der Waals surface area contributed by atoms with E-state index in [1.54, 1.807) is 19.1 Å². The molecule has 0 spiro atoms. The summed E-state index contributed by atoms with van der Waals surface area (Å²) in [6.07, 6.45) is 4.71. The van der Waals surface area contributed by atoms with Crippen molar-refractivity contribution in [2.45, 2.75) is 63.3 Å². The molecule has 3 fully saturated rings. The van der Waals surface area contributed by atoms with Gasteiger partial charge in [-0.1, -0.05) is 18.6 Å². The minimum absolute atomic E-state index is 0.140. The lowest BCUT2D eigenvalue weighted by Gasteiger charge is -2.57. The molecule has 0 radical (unpaired) electrons. The van der Waals surface area contributed by atoms with Crippen molar-refractivity contribution in [3.8, 4) is 0 Å². The molecular formula is C22H32FN3O2. The van der Waals surface area contributed by atoms with E-state index in [0.29, 0.717) is 30.5 Å². The third-order valence-corrected chi connectivity index (χ3v) is 7.07. The van der Waals surface area contributed by atoms with Crippen LogP contribution in [-0.2, 0) is 11.2 Å². The fourth-order valence-electron chi connectivity index (χ4n) is 5.69. The van der Waals surface area contributed by atoms with Gasteiger partial charge in [-0.05, 0) is 68.7 Å². The van der Waals surface area contributed by atoms with E-state index in [-0.39, 0.29) is 11.7 Å². The van der Waals surface area contributed by atoms with Gasteiger partial charge in [-0.25, -0.2) is 4.39 Å². The zero-order valence-electron chi connectivity index (χ0n) is 16.6. The summed E-state index contributed by atoms with van der Waals surface area (Å²) in [5, 5.41) is 9.77. The van der Waals surface area contributed by atoms with Crippen LogP contribution >= 0.6 is 0 Å². The van der Waals surface area contributed by atoms with E-state index in [1.807, 2.05) is 11.0 Å². The number of rotatable bonds is 4. The smallest absolute Gasteiger partial charge is 0.242 e. The van der Waals surface area contributed by atoms with Gasteiger partial charge in [-0.3, -0.25) is 9.69 Å². The fraction of sp³-hybridized carbons (Fsp3) is 0.682. The molecule has 1 aromatic rings. The number of likely N-dealkylation sites (tertiary alicyclic amines) is 1. The van der Waals surface area contributed by atoms with Gasteiger partial charge >= 0.3 is 0 Å². The maximum Gasteiger partial charge on any atom is 0.242 e. The minimum Gasteiger partial charge on any atom is -0.391 e. The summed E-state index contributed by atoms with van der Waals surface area (Å²) in [5.74, 6) is 0.498. The van der Waals surface area contributed by atoms with E-state index < -0.39 is 12.1 Å². The van der Waals surface area contributed by atoms with Gasteiger partial charge in [0, 0.05) is 25.2 Å². The van der Waals surface area contributed by atoms with Crippen LogP contribution < -0.4 is 5.73 Å². The summed E-state index contributed by atoms with van der Waals surface area (Å²) in [4.78, 5) is 17.4. The molecule has 3 N–H and O–H groups in total. The predicted octanol–water partition coefficient (Wildman–Crippen LogP) is 1.78. The molecule has 1 aromatic carbocycles. The summed E-state index contributed by atoms with van der Waals surface area (Å²) < 4.78 is 13.7. The molecule has 3 aliphatic heterocycles. The summed E-state index contributed by atoms with van der Waals surface area (Å²) in [6, 6.07) is 6.86. The average molecular weight is 390 g/mol. The molecule has 0 saturated carbocycles. The highest BCUT2D eigenvalue weighted by Gasteiger charge is 2.48. The number of fused-ring (bicyclic) bond motifs is 4. The van der Waals surface area contributed by atoms with E-state index in [1.165, 1.54) is 25.3 Å². The topological polar surface area (TPSA) is 69.8 Å². The lowest BCUT2D eigenvalue weighted by Crippen LogP contribution is -2.66. The Hall–Kier alpha value is -1.50. The maximum absolute atomic E-state index is 13.7. The number of carbonyl (C=O) groups is 1. The van der Waals surface area contributed by atoms with Gasteiger partial charge in [0.1, 0.15) is 11.9 Å². The van der Waals surface area contributed by atoms with Crippen molar-refractivity contribution in [3.63, 3.8) is 0 Å². The van der Waals surface area contributed by atoms with Gasteiger partial charge in [-0.15, -0.1) is 0 Å². The molecule has 2 bridgehead atoms. The molecule has 4 rings (SSSR count). The number of carbonyl (C=O) groups excluding carboxylic acids is 1. The Morgan fingerprint density at radius 3 is 2.86 bits per heavy atom. The van der Waals surface area contributed by atoms with Crippen LogP contribution in [0.3, 0.4) is 0 Å². The number of aliphatic hydroxyl groups is 1. The molecule has 5 nitrogen and oxygen atoms in total. The molecule has 3 saturated heterocycles. The quantitative estimate of drug-likeness (QED) is 0.824. The van der Waals surface area contributed by atoms with Gasteiger partial charge in [0.15, 0.2) is 0 Å². The average Bonchev–Trinajstić information content (AvgIpc) is 2.70. The zero-order valence-corrected chi connectivity index (χ0v) is 16.6. The maximum atomic E-state index is 13.7. The lowest BCUT2D eigenvalue weighted by molar-refractivity contribution is -0.144. The first-order valence-electron chi connectivity index (χ1n) is 10.7. The molecule has 0 aromatic heterocycles. The number of hydrogen-bond acceptors (Lipinski definition) is 4. The van der Waals surface area contributed by atoms with Gasteiger partial charge < -0.3 is 15.7 Å². The Morgan fingerprint density at radius 1 is 1.32 bits per heavy atom. The molecule has 154 valence electrons. The Balaban J connectivity index is 1.57. The van der Waals surface area contributed by atoms with Gasteiger partial charge in [0.2, 0.25) is 5.91 Å². The summed E-state index contributed by atoms with van der Waals surface area (Å²) >= 11 is 0. The summed E-state index contributed by atoms with van der Waals surface area (Å²) in [5.41, 5.74) is 6.98. The van der Waals surface area contributed by atoms with Gasteiger partial charge in [0.05, 0.1) is 6.10 Å². The second-order valence-corrected chi connectivity index (χ2v) is 8.97. The van der Waals surface area contributed by atoms with Crippen LogP contribution in [0, 0.1) is 17.7 Å². The Kier molecular flexibility index (Phi) is 5.72. The molecule has 0 unspecified atom stereocenters. The molecule has 6 heteroatoms. The normalized spacial score (nSPS) is 32.5. The van der Waals surface area contributed by atoms with Crippen molar-refractivity contribution in [1.82, 2.24) is 9.80 Å². The van der Waals surface area contributed by atoms with E-state index in [4.69, 9.17) is 5.73 Å². The second kappa shape index (κ2) is 8.09. The lowest BCUT2D eigenvalue weighted by atomic mass is 9.71. The van der Waals surface area contributed by atoms with Crippen LogP contribution in [0.2, 0.25) is 0 Å². The number of amides is 1. The first-order valence-corrected chi connectivity index (χ1v) is 10.7. The number of benzene rings is 1. The molecule has 3 heterocycles. The number of nitrogens with two attached hydrogens (primary N) is 1. The highest BCUT2D eigenvalue weighted by atomic mass is 19.1. The Labute approximate surface area is 166 Å². The summed E-state index contributed by atoms with van der Waals surface area (Å²) in [7, 11) is 0. The highest BCUT2D eigenvalue weighted by molar-refractivity contribution is 5.82. The zero-order chi connectivity index (χ0) is 19.8. The number of piperidine rings is 3. The third kappa shape index (κ3) is 3.82. The Morgan fingerprint density at radius 2 is 2.11 bits per heavy atom. The van der Waals surface area contributed by atoms with Crippen molar-refractivity contribution >= 4 is 5.91 Å². The van der Waals surface area contributed by atoms with Crippen LogP contribution in [0.15, 0.2) is 24.3 Å². The molecule has 0 aliphatic carbocycles. The first kappa shape index (κ1) is 19.8. The monoisotopic (exact) mass is 389 g/mol. The van der Waals surface area contributed by atoms with E-state index in [2.05, 4.69) is 4.90 Å². The summed E-state index contributed by atoms with van der Waals surface area (Å²) in [6.45, 7) is 4.09. The number of halogens is 1. The molecule has 3 aliphatic rings. The van der Waals surface area contributed by atoms with E-state index in [0.717, 1.165) is 31.5 Å². The van der Waals surface area contributed by atoms with Crippen molar-refractivity contribution in [2.75, 3.05) is 19.6 Å². The van der Waals surface area contributed by atoms with Gasteiger partial charge in [0.25, 0.3) is 0 Å². The minimum atomic E-state index is -0.858. The van der Waals surface area contributed by atoms with E-state index >= 15 is 0 Å². The SMILES string of the molecule is C[C@@H](O)[C@H](N)C(=O)N1C[C@H]2C[C@@H](C1)[C@H](Cc1cccc(F)c1)N1CCCC[C@@H]21. The van der Waals surface area contributed by atoms with Crippen LogP contribution in [0.5, 0.6) is 0 Å². The first-order chi connectivity index (χ1) is 13.4. The number of aliphatic hydroxyl groups excluding tert-OH is 1. The van der Waals surface area contributed by atoms with Gasteiger partial charge in [-0.2, -0.15) is 0 Å². The molecule has 1 amide bonds. The molecule has 28 heavy (non-hydrogen) atoms. The molecular weight excluding hydrogens is 357 g/mol. The predicted molar refractivity (Wildman–Crippen MR) is 106 cm³/mol. The third-order valence-electron chi connectivity index (χ3n) is 7.07. The van der Waals surface area contributed by atoms with Crippen molar-refractivity contribution in [3.05, 3.63) is 35.6 Å². The number of hydrogen-bond donors (Lipinski definition) is 2. The fourth-order valence-corrected chi connectivity index (χ4v) is 5.69. The molecule has 6 atom stereocenters. The van der Waals surface area contributed by atoms with Crippen LogP contribution in [0.1, 0.15) is 38.2 Å². The largest absolute Gasteiger partial charge is 0.391 e. The highest BCUT2D eigenvalue weighted by Crippen LogP contribution is 2.42. The van der Waals surface area contributed by atoms with Crippen molar-refractivity contribution in [1.29, 1.82) is 0 Å². The van der Waals surface area contributed by atoms with Crippen molar-refractivity contribution < 1.29 is 14.3 Å². The van der Waals surface area contributed by atoms with Crippen LogP contribution in [0.4, 0.5) is 4.39 Å². The van der Waals surface area contributed by atoms with E-state index in [9.17, 15) is 14.3 Å².